The van der Waals surface area contributed by atoms with E-state index < -0.39 is 5.91 Å². The van der Waals surface area contributed by atoms with Crippen molar-refractivity contribution in [1.29, 1.82) is 0 Å². The zero-order chi connectivity index (χ0) is 18.6. The maximum atomic E-state index is 11.7. The molecule has 2 rings (SSSR count). The lowest BCUT2D eigenvalue weighted by molar-refractivity contribution is -0.129. The van der Waals surface area contributed by atoms with E-state index in [9.17, 15) is 9.59 Å². The molecule has 26 heavy (non-hydrogen) atoms. The van der Waals surface area contributed by atoms with E-state index in [0.717, 1.165) is 23.1 Å². The molecule has 7 heteroatoms. The summed E-state index contributed by atoms with van der Waals surface area (Å²) in [7, 11) is 0. The highest BCUT2D eigenvalue weighted by atomic mass is 16.5. The number of hydrogen-bond donors (Lipinski definition) is 3. The van der Waals surface area contributed by atoms with Crippen molar-refractivity contribution in [2.45, 2.75) is 32.1 Å². The van der Waals surface area contributed by atoms with Crippen molar-refractivity contribution in [3.05, 3.63) is 54.4 Å². The molecule has 2 aromatic rings. The quantitative estimate of drug-likeness (QED) is 0.279. The Balaban J connectivity index is 1.69. The van der Waals surface area contributed by atoms with Gasteiger partial charge in [0.2, 0.25) is 11.8 Å². The number of hydrazone groups is 1. The van der Waals surface area contributed by atoms with Crippen molar-refractivity contribution >= 4 is 18.0 Å². The van der Waals surface area contributed by atoms with Crippen LogP contribution >= 0.6 is 0 Å². The third kappa shape index (κ3) is 6.82. The van der Waals surface area contributed by atoms with Gasteiger partial charge in [-0.3, -0.25) is 19.8 Å². The fourth-order valence-corrected chi connectivity index (χ4v) is 2.33. The first-order valence-corrected chi connectivity index (χ1v) is 8.44. The number of hydroxylamine groups is 1. The van der Waals surface area contributed by atoms with Gasteiger partial charge in [-0.05, 0) is 35.6 Å². The lowest BCUT2D eigenvalue weighted by Gasteiger charge is -2.02. The number of aromatic nitrogens is 1. The van der Waals surface area contributed by atoms with Gasteiger partial charge in [0.05, 0.1) is 6.21 Å². The second-order valence-corrected chi connectivity index (χ2v) is 5.75. The Kier molecular flexibility index (Phi) is 7.95. The van der Waals surface area contributed by atoms with Gasteiger partial charge in [-0.15, -0.1) is 0 Å². The van der Waals surface area contributed by atoms with Crippen LogP contribution < -0.4 is 10.9 Å². The number of carbonyl (C=O) groups excluding carboxylic acids is 2. The summed E-state index contributed by atoms with van der Waals surface area (Å²) in [6.45, 7) is 0. The third-order valence-corrected chi connectivity index (χ3v) is 3.74. The van der Waals surface area contributed by atoms with Crippen LogP contribution in [0.2, 0.25) is 0 Å². The summed E-state index contributed by atoms with van der Waals surface area (Å²) in [5.41, 5.74) is 7.06. The van der Waals surface area contributed by atoms with Crippen LogP contribution in [0.1, 0.15) is 37.7 Å². The van der Waals surface area contributed by atoms with Gasteiger partial charge in [-0.25, -0.2) is 10.9 Å². The van der Waals surface area contributed by atoms with Gasteiger partial charge in [0.15, 0.2) is 0 Å². The monoisotopic (exact) mass is 354 g/mol. The molecule has 2 amide bonds. The fourth-order valence-electron chi connectivity index (χ4n) is 2.33. The average Bonchev–Trinajstić information content (AvgIpc) is 2.68. The molecule has 0 saturated heterocycles. The van der Waals surface area contributed by atoms with Crippen LogP contribution in [0.4, 0.5) is 0 Å². The minimum Gasteiger partial charge on any atom is -0.289 e. The summed E-state index contributed by atoms with van der Waals surface area (Å²) in [5, 5.41) is 12.3. The predicted molar refractivity (Wildman–Crippen MR) is 98.4 cm³/mol. The highest BCUT2D eigenvalue weighted by Gasteiger charge is 2.02. The number of nitrogens with one attached hydrogen (secondary N) is 2. The van der Waals surface area contributed by atoms with Crippen LogP contribution in [0, 0.1) is 0 Å². The van der Waals surface area contributed by atoms with E-state index in [1.807, 2.05) is 36.4 Å². The SMILES string of the molecule is O=C(CCCCCC(=O)NN=Cc1ccc(-c2cccnc2)cc1)NO. The van der Waals surface area contributed by atoms with Crippen molar-refractivity contribution in [1.82, 2.24) is 15.9 Å². The van der Waals surface area contributed by atoms with Gasteiger partial charge in [-0.2, -0.15) is 5.10 Å². The van der Waals surface area contributed by atoms with E-state index in [2.05, 4.69) is 15.5 Å². The zero-order valence-corrected chi connectivity index (χ0v) is 14.4. The smallest absolute Gasteiger partial charge is 0.243 e. The molecule has 1 aromatic heterocycles. The Morgan fingerprint density at radius 1 is 1.00 bits per heavy atom. The van der Waals surface area contributed by atoms with Crippen LogP contribution in [0.5, 0.6) is 0 Å². The molecule has 0 aliphatic heterocycles. The maximum Gasteiger partial charge on any atom is 0.243 e. The lowest BCUT2D eigenvalue weighted by Crippen LogP contribution is -2.18. The Morgan fingerprint density at radius 2 is 1.73 bits per heavy atom. The van der Waals surface area contributed by atoms with Crippen LogP contribution in [0.3, 0.4) is 0 Å². The molecule has 136 valence electrons. The highest BCUT2D eigenvalue weighted by molar-refractivity contribution is 5.83. The average molecular weight is 354 g/mol. The minimum atomic E-state index is -0.409. The number of amides is 2. The molecule has 0 radical (unpaired) electrons. The van der Waals surface area contributed by atoms with E-state index in [1.165, 1.54) is 0 Å². The molecule has 7 nitrogen and oxygen atoms in total. The Labute approximate surface area is 152 Å². The molecule has 0 atom stereocenters. The Bertz CT molecular complexity index is 730. The normalized spacial score (nSPS) is 10.7. The van der Waals surface area contributed by atoms with Gasteiger partial charge < -0.3 is 0 Å². The van der Waals surface area contributed by atoms with Crippen molar-refractivity contribution in [2.75, 3.05) is 0 Å². The molecule has 1 aromatic carbocycles. The predicted octanol–water partition coefficient (Wildman–Crippen LogP) is 2.65. The van der Waals surface area contributed by atoms with Gasteiger partial charge in [0.1, 0.15) is 0 Å². The van der Waals surface area contributed by atoms with Crippen molar-refractivity contribution in [3.63, 3.8) is 0 Å². The van der Waals surface area contributed by atoms with Gasteiger partial charge in [-0.1, -0.05) is 36.8 Å². The summed E-state index contributed by atoms with van der Waals surface area (Å²) in [6.07, 6.45) is 7.77. The number of hydrogen-bond acceptors (Lipinski definition) is 5. The molecule has 1 heterocycles. The maximum absolute atomic E-state index is 11.7. The van der Waals surface area contributed by atoms with E-state index in [1.54, 1.807) is 24.1 Å². The molecule has 0 aliphatic rings. The second kappa shape index (κ2) is 10.7. The second-order valence-electron chi connectivity index (χ2n) is 5.75. The summed E-state index contributed by atoms with van der Waals surface area (Å²) in [6, 6.07) is 11.7. The third-order valence-electron chi connectivity index (χ3n) is 3.74. The number of carbonyl (C=O) groups is 2. The zero-order valence-electron chi connectivity index (χ0n) is 14.4. The number of pyridine rings is 1. The van der Waals surface area contributed by atoms with E-state index in [4.69, 9.17) is 5.21 Å². The minimum absolute atomic E-state index is 0.167. The molecular formula is C19H22N4O3. The summed E-state index contributed by atoms with van der Waals surface area (Å²) >= 11 is 0. The van der Waals surface area contributed by atoms with Crippen molar-refractivity contribution in [3.8, 4) is 11.1 Å². The van der Waals surface area contributed by atoms with Gasteiger partial charge >= 0.3 is 0 Å². The largest absolute Gasteiger partial charge is 0.289 e. The first-order chi connectivity index (χ1) is 12.7. The number of nitrogens with zero attached hydrogens (tertiary/aromatic N) is 2. The molecule has 0 saturated carbocycles. The number of benzene rings is 1. The van der Waals surface area contributed by atoms with E-state index >= 15 is 0 Å². The topological polar surface area (TPSA) is 104 Å². The molecular weight excluding hydrogens is 332 g/mol. The molecule has 0 spiro atoms. The summed E-state index contributed by atoms with van der Waals surface area (Å²) < 4.78 is 0. The first kappa shape index (κ1) is 19.3. The standard InChI is InChI=1S/C19H22N4O3/c24-18(6-2-1-3-7-19(25)23-26)22-21-13-15-8-10-16(11-9-15)17-5-4-12-20-14-17/h4-5,8-14,26H,1-3,6-7H2,(H,22,24)(H,23,25). The number of unbranched alkanes of at least 4 members (excludes halogenated alkanes) is 2. The van der Waals surface area contributed by atoms with Crippen molar-refractivity contribution in [2.24, 2.45) is 5.10 Å². The van der Waals surface area contributed by atoms with Crippen LogP contribution in [-0.2, 0) is 9.59 Å². The van der Waals surface area contributed by atoms with E-state index in [-0.39, 0.29) is 12.3 Å². The first-order valence-electron chi connectivity index (χ1n) is 8.44. The fraction of sp³-hybridized carbons (Fsp3) is 0.263. The Morgan fingerprint density at radius 3 is 2.38 bits per heavy atom. The highest BCUT2D eigenvalue weighted by Crippen LogP contribution is 2.17. The van der Waals surface area contributed by atoms with E-state index in [0.29, 0.717) is 19.3 Å². The van der Waals surface area contributed by atoms with Crippen LogP contribution in [0.25, 0.3) is 11.1 Å². The van der Waals surface area contributed by atoms with Gasteiger partial charge in [0.25, 0.3) is 0 Å². The molecule has 0 fully saturated rings. The van der Waals surface area contributed by atoms with Gasteiger partial charge in [0, 0.05) is 25.2 Å². The van der Waals surface area contributed by atoms with Crippen LogP contribution in [0.15, 0.2) is 53.9 Å². The molecule has 0 aliphatic carbocycles. The Hall–Kier alpha value is -3.06. The summed E-state index contributed by atoms with van der Waals surface area (Å²) in [5.74, 6) is -0.576. The van der Waals surface area contributed by atoms with Crippen LogP contribution in [-0.4, -0.2) is 28.2 Å². The van der Waals surface area contributed by atoms with Crippen molar-refractivity contribution < 1.29 is 14.8 Å². The lowest BCUT2D eigenvalue weighted by atomic mass is 10.1. The molecule has 3 N–H and O–H groups in total. The molecule has 0 unspecified atom stereocenters. The molecule has 0 bridgehead atoms. The summed E-state index contributed by atoms with van der Waals surface area (Å²) in [4.78, 5) is 26.6. The number of rotatable bonds is 9.